The van der Waals surface area contributed by atoms with Crippen molar-refractivity contribution in [3.8, 4) is 6.07 Å². The number of thiophene rings is 1. The predicted molar refractivity (Wildman–Crippen MR) is 68.3 cm³/mol. The van der Waals surface area contributed by atoms with Crippen molar-refractivity contribution in [3.05, 3.63) is 22.4 Å². The van der Waals surface area contributed by atoms with Gasteiger partial charge in [-0.3, -0.25) is 0 Å². The summed E-state index contributed by atoms with van der Waals surface area (Å²) in [5.41, 5.74) is 1.03. The Labute approximate surface area is 103 Å². The van der Waals surface area contributed by atoms with Crippen LogP contribution in [0, 0.1) is 11.3 Å². The van der Waals surface area contributed by atoms with Gasteiger partial charge in [0.1, 0.15) is 0 Å². The van der Waals surface area contributed by atoms with Gasteiger partial charge in [0.2, 0.25) is 0 Å². The first-order valence-corrected chi connectivity index (χ1v) is 7.11. The van der Waals surface area contributed by atoms with Crippen molar-refractivity contribution in [2.75, 3.05) is 0 Å². The Morgan fingerprint density at radius 1 is 1.62 bits per heavy atom. The summed E-state index contributed by atoms with van der Waals surface area (Å²) in [6.45, 7) is 5.73. The van der Waals surface area contributed by atoms with Gasteiger partial charge >= 0.3 is 0 Å². The quantitative estimate of drug-likeness (QED) is 0.900. The average Bonchev–Trinajstić information content (AvgIpc) is 2.68. The fourth-order valence-corrected chi connectivity index (χ4v) is 2.64. The van der Waals surface area contributed by atoms with Crippen LogP contribution < -0.4 is 4.72 Å². The minimum absolute atomic E-state index is 0.142. The molecule has 2 unspecified atom stereocenters. The van der Waals surface area contributed by atoms with Crippen LogP contribution in [0.2, 0.25) is 0 Å². The van der Waals surface area contributed by atoms with Gasteiger partial charge in [0.15, 0.2) is 0 Å². The molecule has 1 aromatic rings. The van der Waals surface area contributed by atoms with Crippen molar-refractivity contribution in [1.82, 2.24) is 4.72 Å². The van der Waals surface area contributed by atoms with Gasteiger partial charge in [-0.05, 0) is 43.2 Å². The molecule has 0 aromatic carbocycles. The van der Waals surface area contributed by atoms with Gasteiger partial charge in [-0.25, -0.2) is 8.93 Å². The predicted octanol–water partition coefficient (Wildman–Crippen LogP) is 2.75. The number of nitriles is 1. The summed E-state index contributed by atoms with van der Waals surface area (Å²) in [5.74, 6) is 0. The molecule has 3 nitrogen and oxygen atoms in total. The van der Waals surface area contributed by atoms with E-state index in [1.165, 1.54) is 0 Å². The fourth-order valence-electron chi connectivity index (χ4n) is 1.10. The van der Waals surface area contributed by atoms with Gasteiger partial charge in [-0.15, -0.1) is 0 Å². The number of rotatable bonds is 4. The van der Waals surface area contributed by atoms with E-state index in [9.17, 15) is 4.21 Å². The molecule has 1 rings (SSSR count). The monoisotopic (exact) mass is 256 g/mol. The van der Waals surface area contributed by atoms with E-state index in [2.05, 4.69) is 10.8 Å². The molecule has 88 valence electrons. The van der Waals surface area contributed by atoms with E-state index < -0.39 is 11.0 Å². The minimum Gasteiger partial charge on any atom is -0.242 e. The molecule has 1 heterocycles. The molecule has 0 saturated carbocycles. The molecule has 0 bridgehead atoms. The maximum Gasteiger partial charge on any atom is 0.0976 e. The molecule has 5 heteroatoms. The summed E-state index contributed by atoms with van der Waals surface area (Å²) in [7, 11) is -1.15. The van der Waals surface area contributed by atoms with E-state index in [-0.39, 0.29) is 10.8 Å². The summed E-state index contributed by atoms with van der Waals surface area (Å²) >= 11 is 1.58. The highest BCUT2D eigenvalue weighted by molar-refractivity contribution is 7.84. The van der Waals surface area contributed by atoms with Crippen molar-refractivity contribution in [2.24, 2.45) is 0 Å². The molecule has 0 aliphatic heterocycles. The number of hydrogen-bond donors (Lipinski definition) is 1. The number of nitrogens with one attached hydrogen (secondary N) is 1. The first kappa shape index (κ1) is 13.4. The van der Waals surface area contributed by atoms with Gasteiger partial charge < -0.3 is 0 Å². The normalized spacial score (nSPS) is 15.4. The lowest BCUT2D eigenvalue weighted by Crippen LogP contribution is -2.35. The van der Waals surface area contributed by atoms with E-state index in [1.807, 2.05) is 37.6 Å². The average molecular weight is 256 g/mol. The Hall–Kier alpha value is -0.700. The van der Waals surface area contributed by atoms with Crippen LogP contribution in [-0.2, 0) is 11.0 Å². The van der Waals surface area contributed by atoms with Crippen molar-refractivity contribution < 1.29 is 4.21 Å². The highest BCUT2D eigenvalue weighted by Gasteiger charge is 2.23. The van der Waals surface area contributed by atoms with Crippen LogP contribution in [0.5, 0.6) is 0 Å². The van der Waals surface area contributed by atoms with Crippen LogP contribution in [-0.4, -0.2) is 8.96 Å². The Morgan fingerprint density at radius 3 is 2.75 bits per heavy atom. The zero-order chi connectivity index (χ0) is 12.2. The third kappa shape index (κ3) is 3.71. The fraction of sp³-hybridized carbons (Fsp3) is 0.545. The van der Waals surface area contributed by atoms with Gasteiger partial charge in [-0.2, -0.15) is 16.6 Å². The van der Waals surface area contributed by atoms with Gasteiger partial charge in [0.25, 0.3) is 0 Å². The third-order valence-electron chi connectivity index (χ3n) is 2.05. The Morgan fingerprint density at radius 2 is 2.31 bits per heavy atom. The molecule has 1 N–H and O–H groups in total. The molecular weight excluding hydrogens is 240 g/mol. The summed E-state index contributed by atoms with van der Waals surface area (Å²) in [6, 6.07) is 3.94. The number of hydrogen-bond acceptors (Lipinski definition) is 3. The van der Waals surface area contributed by atoms with Gasteiger partial charge in [0.05, 0.1) is 34.3 Å². The molecule has 0 aliphatic rings. The zero-order valence-electron chi connectivity index (χ0n) is 9.69. The molecule has 1 aromatic heterocycles. The SMILES string of the molecule is CC(C)(C)S(=O)NC(CC#N)c1ccsc1. The summed E-state index contributed by atoms with van der Waals surface area (Å²) in [4.78, 5) is 0. The molecule has 0 radical (unpaired) electrons. The van der Waals surface area contributed by atoms with E-state index >= 15 is 0 Å². The van der Waals surface area contributed by atoms with Crippen LogP contribution in [0.3, 0.4) is 0 Å². The maximum absolute atomic E-state index is 11.9. The second-order valence-corrected chi connectivity index (χ2v) is 7.25. The van der Waals surface area contributed by atoms with Crippen LogP contribution in [0.1, 0.15) is 38.8 Å². The second-order valence-electron chi connectivity index (χ2n) is 4.47. The first-order chi connectivity index (χ1) is 7.45. The van der Waals surface area contributed by atoms with Crippen molar-refractivity contribution in [3.63, 3.8) is 0 Å². The molecule has 16 heavy (non-hydrogen) atoms. The third-order valence-corrected chi connectivity index (χ3v) is 4.36. The summed E-state index contributed by atoms with van der Waals surface area (Å²) in [6.07, 6.45) is 0.332. The second kappa shape index (κ2) is 5.58. The van der Waals surface area contributed by atoms with E-state index in [4.69, 9.17) is 5.26 Å². The molecule has 0 saturated heterocycles. The molecule has 2 atom stereocenters. The van der Waals surface area contributed by atoms with Crippen LogP contribution in [0.25, 0.3) is 0 Å². The zero-order valence-corrected chi connectivity index (χ0v) is 11.3. The van der Waals surface area contributed by atoms with Gasteiger partial charge in [0, 0.05) is 0 Å². The smallest absolute Gasteiger partial charge is 0.0976 e. The molecule has 0 amide bonds. The lowest BCUT2D eigenvalue weighted by Gasteiger charge is -2.22. The number of nitrogens with zero attached hydrogens (tertiary/aromatic N) is 1. The topological polar surface area (TPSA) is 52.9 Å². The van der Waals surface area contributed by atoms with E-state index in [1.54, 1.807) is 11.3 Å². The maximum atomic E-state index is 11.9. The molecular formula is C11H16N2OS2. The van der Waals surface area contributed by atoms with Crippen molar-refractivity contribution in [2.45, 2.75) is 38.0 Å². The molecule has 0 fully saturated rings. The summed E-state index contributed by atoms with van der Waals surface area (Å²) in [5, 5.41) is 12.7. The van der Waals surface area contributed by atoms with Gasteiger partial charge in [-0.1, -0.05) is 0 Å². The standard InChI is InChI=1S/C11H16N2OS2/c1-11(2,3)16(14)13-10(4-6-12)9-5-7-15-8-9/h5,7-8,10,13H,4H2,1-3H3. The first-order valence-electron chi connectivity index (χ1n) is 5.02. The van der Waals surface area contributed by atoms with E-state index in [0.29, 0.717) is 6.42 Å². The van der Waals surface area contributed by atoms with Crippen LogP contribution in [0.15, 0.2) is 16.8 Å². The highest BCUT2D eigenvalue weighted by atomic mass is 32.2. The Kier molecular flexibility index (Phi) is 4.66. The lowest BCUT2D eigenvalue weighted by molar-refractivity contribution is 0.604. The molecule has 0 aliphatic carbocycles. The summed E-state index contributed by atoms with van der Waals surface area (Å²) < 4.78 is 14.6. The van der Waals surface area contributed by atoms with Crippen molar-refractivity contribution >= 4 is 22.3 Å². The molecule has 0 spiro atoms. The Balaban J connectivity index is 2.75. The van der Waals surface area contributed by atoms with E-state index in [0.717, 1.165) is 5.56 Å². The van der Waals surface area contributed by atoms with Crippen molar-refractivity contribution in [1.29, 1.82) is 5.26 Å². The largest absolute Gasteiger partial charge is 0.242 e. The van der Waals surface area contributed by atoms with Crippen LogP contribution in [0.4, 0.5) is 0 Å². The lowest BCUT2D eigenvalue weighted by atomic mass is 10.1. The minimum atomic E-state index is -1.15. The Bertz CT molecular complexity index is 387. The highest BCUT2D eigenvalue weighted by Crippen LogP contribution is 2.21. The van der Waals surface area contributed by atoms with Crippen LogP contribution >= 0.6 is 11.3 Å².